The number of unbranched alkanes of at least 4 members (excludes halogenated alkanes) is 1. The van der Waals surface area contributed by atoms with Crippen LogP contribution in [0, 0.1) is 0 Å². The van der Waals surface area contributed by atoms with E-state index in [0.717, 1.165) is 0 Å². The van der Waals surface area contributed by atoms with Gasteiger partial charge in [-0.15, -0.1) is 0 Å². The van der Waals surface area contributed by atoms with E-state index in [1.54, 1.807) is 0 Å². The van der Waals surface area contributed by atoms with Crippen molar-refractivity contribution in [3.8, 4) is 0 Å². The minimum absolute atomic E-state index is 0. The van der Waals surface area contributed by atoms with Gasteiger partial charge < -0.3 is 24.8 Å². The molecular weight excluding hydrogens is 624 g/mol. The summed E-state index contributed by atoms with van der Waals surface area (Å²) in [5.41, 5.74) is 0. The van der Waals surface area contributed by atoms with E-state index < -0.39 is 0 Å². The third kappa shape index (κ3) is 11.3. The Hall–Kier alpha value is -1.02. The summed E-state index contributed by atoms with van der Waals surface area (Å²) in [7, 11) is -0.441. The van der Waals surface area contributed by atoms with Crippen LogP contribution in [0.3, 0.4) is 0 Å². The molecule has 0 heterocycles. The molecule has 0 aromatic heterocycles. The average molecular weight is 661 g/mol. The molecule has 0 radical (unpaired) electrons. The molecule has 4 rings (SSSR count). The first-order chi connectivity index (χ1) is 17.2. The first-order valence-corrected chi connectivity index (χ1v) is 16.5. The molecule has 0 saturated heterocycles. The van der Waals surface area contributed by atoms with Crippen LogP contribution in [0.5, 0.6) is 0 Å². The fourth-order valence-electron chi connectivity index (χ4n) is 3.92. The number of benzene rings is 4. The van der Waals surface area contributed by atoms with Crippen LogP contribution in [-0.4, -0.2) is 10.3 Å². The molecule has 0 amide bonds. The predicted octanol–water partition coefficient (Wildman–Crippen LogP) is 1.72. The Balaban J connectivity index is 0.000000351. The van der Waals surface area contributed by atoms with Crippen molar-refractivity contribution in [2.24, 2.45) is 0 Å². The van der Waals surface area contributed by atoms with Crippen molar-refractivity contribution >= 4 is 37.1 Å². The zero-order valence-electron chi connectivity index (χ0n) is 21.6. The minimum atomic E-state index is -0.285. The Bertz CT molecular complexity index is 988. The van der Waals surface area contributed by atoms with E-state index >= 15 is 0 Å². The maximum atomic E-state index is 3.61. The molecule has 5 heteroatoms. The van der Waals surface area contributed by atoms with Crippen molar-refractivity contribution in [3.63, 3.8) is 0 Å². The molecule has 0 aliphatic heterocycles. The Morgan fingerprint density at radius 3 is 1.22 bits per heavy atom. The largest absolute Gasteiger partial charge is 1.00 e. The molecule has 4 aromatic carbocycles. The predicted molar refractivity (Wildman–Crippen MR) is 157 cm³/mol. The monoisotopic (exact) mass is 659 g/mol. The zero-order chi connectivity index (χ0) is 24.7. The van der Waals surface area contributed by atoms with Gasteiger partial charge in [-0.2, -0.15) is 0 Å². The van der Waals surface area contributed by atoms with Gasteiger partial charge in [-0.1, -0.05) is 74.0 Å². The molecule has 0 nitrogen and oxygen atoms in total. The summed E-state index contributed by atoms with van der Waals surface area (Å²) in [4.78, 5) is 0. The van der Waals surface area contributed by atoms with Crippen LogP contribution in [0.25, 0.3) is 0 Å². The molecule has 0 aliphatic carbocycles. The number of halogens is 2. The number of hydrogen-bond donors (Lipinski definition) is 0. The topological polar surface area (TPSA) is 0 Å². The molecule has 0 N–H and O–H groups in total. The molecule has 0 spiro atoms. The fourth-order valence-corrected chi connectivity index (χ4v) is 10.7. The normalized spacial score (nSPS) is 11.1. The second-order valence-electron chi connectivity index (χ2n) is 8.40. The van der Waals surface area contributed by atoms with E-state index in [2.05, 4.69) is 154 Å². The van der Waals surface area contributed by atoms with Crippen LogP contribution >= 0.6 is 15.8 Å². The van der Waals surface area contributed by atoms with Gasteiger partial charge in [0.15, 0.2) is 0 Å². The van der Waals surface area contributed by atoms with Gasteiger partial charge >= 0.3 is 122 Å². The Morgan fingerprint density at radius 2 is 0.892 bits per heavy atom. The smallest absolute Gasteiger partial charge is 1.00 e. The van der Waals surface area contributed by atoms with Crippen LogP contribution in [0.4, 0.5) is 0 Å². The molecule has 37 heavy (non-hydrogen) atoms. The average Bonchev–Trinajstić information content (AvgIpc) is 2.92. The van der Waals surface area contributed by atoms with Gasteiger partial charge in [-0.05, 0) is 31.1 Å². The van der Waals surface area contributed by atoms with Gasteiger partial charge in [0.25, 0.3) is 0 Å². The Kier molecular flexibility index (Phi) is 18.4. The van der Waals surface area contributed by atoms with Crippen LogP contribution in [0.2, 0.25) is 0 Å². The third-order valence-electron chi connectivity index (χ3n) is 5.71. The summed E-state index contributed by atoms with van der Waals surface area (Å²) in [5.74, 6) is 0. The van der Waals surface area contributed by atoms with Gasteiger partial charge in [-0.25, -0.2) is 0 Å². The number of rotatable bonds is 10. The fraction of sp³-hybridized carbons (Fsp3) is 0.250. The van der Waals surface area contributed by atoms with Gasteiger partial charge in [0.1, 0.15) is 0 Å². The summed E-state index contributed by atoms with van der Waals surface area (Å²) in [5, 5.41) is 5.93. The van der Waals surface area contributed by atoms with Crippen molar-refractivity contribution in [1.29, 1.82) is 0 Å². The molecular formula is C32H37Cl2P2Pd. The van der Waals surface area contributed by atoms with Crippen molar-refractivity contribution < 1.29 is 44.0 Å². The zero-order valence-corrected chi connectivity index (χ0v) is 26.5. The van der Waals surface area contributed by atoms with Gasteiger partial charge in [0.2, 0.25) is 0 Å². The maximum Gasteiger partial charge on any atom is -1.00 e. The first-order valence-electron chi connectivity index (χ1n) is 12.6. The summed E-state index contributed by atoms with van der Waals surface area (Å²) < 4.78 is 0.595. The van der Waals surface area contributed by atoms with Crippen molar-refractivity contribution in [2.45, 2.75) is 43.7 Å². The van der Waals surface area contributed by atoms with Crippen LogP contribution in [-0.2, 0) is 19.2 Å². The Morgan fingerprint density at radius 1 is 0.541 bits per heavy atom. The maximum absolute atomic E-state index is 3.61. The summed E-state index contributed by atoms with van der Waals surface area (Å²) in [6.07, 6.45) is 6.36. The molecule has 1 unspecified atom stereocenters. The van der Waals surface area contributed by atoms with E-state index in [-0.39, 0.29) is 40.7 Å². The quantitative estimate of drug-likeness (QED) is 0.180. The molecule has 4 aromatic rings. The molecule has 1 atom stereocenters. The van der Waals surface area contributed by atoms with Gasteiger partial charge in [0.05, 0.1) is 0 Å². The SMILES string of the molecule is CCCCP(c1ccccc1)c1ccccc1.CCC[CH]([Pd+2])P(c1ccccc1)c1ccccc1.[Cl-].[Cl-]. The summed E-state index contributed by atoms with van der Waals surface area (Å²) in [6.45, 7) is 4.52. The molecule has 199 valence electrons. The van der Waals surface area contributed by atoms with E-state index in [1.165, 1.54) is 53.1 Å². The Labute approximate surface area is 250 Å². The summed E-state index contributed by atoms with van der Waals surface area (Å²) >= 11 is 3.61. The number of hydrogen-bond acceptors (Lipinski definition) is 0. The van der Waals surface area contributed by atoms with Crippen LogP contribution in [0.15, 0.2) is 121 Å². The van der Waals surface area contributed by atoms with Gasteiger partial charge in [0, 0.05) is 0 Å². The molecule has 0 aliphatic rings. The van der Waals surface area contributed by atoms with Crippen molar-refractivity contribution in [2.75, 3.05) is 6.16 Å². The molecule has 0 bridgehead atoms. The molecule has 0 fully saturated rings. The van der Waals surface area contributed by atoms with Crippen molar-refractivity contribution in [3.05, 3.63) is 121 Å². The minimum Gasteiger partial charge on any atom is -1.00 e. The third-order valence-corrected chi connectivity index (χ3v) is 12.5. The summed E-state index contributed by atoms with van der Waals surface area (Å²) in [6, 6.07) is 43.7. The van der Waals surface area contributed by atoms with Crippen LogP contribution < -0.4 is 46.0 Å². The van der Waals surface area contributed by atoms with E-state index in [4.69, 9.17) is 0 Å². The van der Waals surface area contributed by atoms with Gasteiger partial charge in [-0.3, -0.25) is 0 Å². The van der Waals surface area contributed by atoms with E-state index in [9.17, 15) is 0 Å². The van der Waals surface area contributed by atoms with Crippen LogP contribution in [0.1, 0.15) is 39.5 Å². The van der Waals surface area contributed by atoms with E-state index in [0.29, 0.717) is 4.13 Å². The second-order valence-corrected chi connectivity index (χ2v) is 14.9. The van der Waals surface area contributed by atoms with Crippen molar-refractivity contribution in [1.82, 2.24) is 0 Å². The van der Waals surface area contributed by atoms with E-state index in [1.807, 2.05) is 0 Å². The first kappa shape index (κ1) is 34.0. The standard InChI is InChI=1S/C16H19P.C16H18P.2ClH.Pd/c2*1-2-3-14-17(15-10-6-4-7-11-15)16-12-8-5-9-13-16;;;/h4-13H,2-3,14H2,1H3;4-14H,2-3H2,1H3;2*1H;/q;;;;+2/p-2. The molecule has 0 saturated carbocycles. The second kappa shape index (κ2) is 20.0.